The molecule has 4 bridgehead atoms. The molecular formula is C31H40ClN3O4S. The fraction of sp³-hybridized carbons (Fsp3) is 0.645. The van der Waals surface area contributed by atoms with Crippen LogP contribution in [0.5, 0.6) is 5.88 Å². The average molecular weight is 586 g/mol. The molecule has 5 fully saturated rings. The van der Waals surface area contributed by atoms with Crippen molar-refractivity contribution in [2.24, 2.45) is 29.6 Å². The van der Waals surface area contributed by atoms with Crippen molar-refractivity contribution < 1.29 is 19.4 Å². The topological polar surface area (TPSA) is 93.5 Å². The van der Waals surface area contributed by atoms with Crippen LogP contribution in [0, 0.1) is 29.6 Å². The number of hydrogen-bond acceptors (Lipinski definition) is 5. The summed E-state index contributed by atoms with van der Waals surface area (Å²) in [6.07, 6.45) is 14.2. The van der Waals surface area contributed by atoms with Gasteiger partial charge in [-0.15, -0.1) is 11.8 Å². The normalized spacial score (nSPS) is 27.6. The van der Waals surface area contributed by atoms with E-state index >= 15 is 0 Å². The zero-order chi connectivity index (χ0) is 27.6. The molecule has 0 spiro atoms. The second-order valence-corrected chi connectivity index (χ2v) is 14.1. The van der Waals surface area contributed by atoms with Crippen LogP contribution in [0.15, 0.2) is 29.3 Å². The molecule has 1 heterocycles. The fourth-order valence-corrected chi connectivity index (χ4v) is 9.17. The molecule has 9 heteroatoms. The van der Waals surface area contributed by atoms with Crippen LogP contribution in [0.1, 0.15) is 80.1 Å². The van der Waals surface area contributed by atoms with Gasteiger partial charge in [0.05, 0.1) is 30.8 Å². The number of thioether (sulfide) groups is 1. The molecule has 5 saturated carbocycles. The molecule has 7 rings (SSSR count). The van der Waals surface area contributed by atoms with E-state index in [2.05, 4.69) is 10.4 Å². The largest absolute Gasteiger partial charge is 0.481 e. The van der Waals surface area contributed by atoms with Crippen molar-refractivity contribution in [2.45, 2.75) is 88.1 Å². The summed E-state index contributed by atoms with van der Waals surface area (Å²) in [4.78, 5) is 25.7. The smallest absolute Gasteiger partial charge is 0.307 e. The van der Waals surface area contributed by atoms with E-state index in [1.807, 2.05) is 10.7 Å². The number of amides is 1. The molecule has 0 aliphatic heterocycles. The van der Waals surface area contributed by atoms with Gasteiger partial charge in [-0.1, -0.05) is 36.9 Å². The van der Waals surface area contributed by atoms with Gasteiger partial charge in [0.15, 0.2) is 0 Å². The number of nitrogens with one attached hydrogen (secondary N) is 1. The number of aryl methyl sites for hydroxylation is 1. The Bertz CT molecular complexity index is 1200. The van der Waals surface area contributed by atoms with Crippen LogP contribution in [-0.2, 0) is 17.8 Å². The van der Waals surface area contributed by atoms with Crippen LogP contribution in [0.2, 0.25) is 5.02 Å². The number of ether oxygens (including phenoxy) is 1. The Labute approximate surface area is 245 Å². The number of carboxylic acids is 1. The molecule has 5 aliphatic rings. The molecule has 1 aromatic carbocycles. The minimum atomic E-state index is -0.867. The quantitative estimate of drug-likeness (QED) is 0.294. The molecule has 0 atom stereocenters. The predicted molar refractivity (Wildman–Crippen MR) is 156 cm³/mol. The number of benzene rings is 1. The third-order valence-electron chi connectivity index (χ3n) is 9.65. The molecule has 1 amide bonds. The summed E-state index contributed by atoms with van der Waals surface area (Å²) >= 11 is 7.96. The van der Waals surface area contributed by atoms with Gasteiger partial charge >= 0.3 is 5.97 Å². The van der Waals surface area contributed by atoms with Crippen LogP contribution in [-0.4, -0.2) is 45.2 Å². The maximum Gasteiger partial charge on any atom is 0.307 e. The highest BCUT2D eigenvalue weighted by molar-refractivity contribution is 7.99. The summed E-state index contributed by atoms with van der Waals surface area (Å²) < 4.78 is 8.22. The number of rotatable bonds is 11. The third kappa shape index (κ3) is 6.33. The zero-order valence-corrected chi connectivity index (χ0v) is 24.6. The Hall–Kier alpha value is -2.19. The van der Waals surface area contributed by atoms with Crippen molar-refractivity contribution >= 4 is 35.2 Å². The van der Waals surface area contributed by atoms with Gasteiger partial charge in [0.25, 0.3) is 5.91 Å². The molecular weight excluding hydrogens is 546 g/mol. The summed E-state index contributed by atoms with van der Waals surface area (Å²) in [6, 6.07) is 5.61. The minimum Gasteiger partial charge on any atom is -0.481 e. The summed E-state index contributed by atoms with van der Waals surface area (Å²) in [5, 5.41) is 17.8. The second-order valence-electron chi connectivity index (χ2n) is 12.5. The van der Waals surface area contributed by atoms with E-state index in [0.717, 1.165) is 22.3 Å². The number of halogens is 1. The predicted octanol–water partition coefficient (Wildman–Crippen LogP) is 6.47. The Morgan fingerprint density at radius 2 is 1.80 bits per heavy atom. The lowest BCUT2D eigenvalue weighted by Gasteiger charge is -2.54. The maximum absolute atomic E-state index is 13.7. The number of nitrogens with zero attached hydrogens (tertiary/aromatic N) is 2. The summed E-state index contributed by atoms with van der Waals surface area (Å²) in [5.74, 6) is 3.77. The Balaban J connectivity index is 1.14. The highest BCUT2D eigenvalue weighted by atomic mass is 35.5. The molecule has 2 aromatic rings. The second kappa shape index (κ2) is 12.4. The van der Waals surface area contributed by atoms with Crippen LogP contribution in [0.3, 0.4) is 0 Å². The van der Waals surface area contributed by atoms with E-state index in [1.165, 1.54) is 64.2 Å². The van der Waals surface area contributed by atoms with E-state index in [-0.39, 0.29) is 18.4 Å². The minimum absolute atomic E-state index is 0.0362. The highest BCUT2D eigenvalue weighted by Gasteiger charge is 2.48. The number of carbonyl (C=O) groups is 2. The van der Waals surface area contributed by atoms with Gasteiger partial charge in [0.2, 0.25) is 5.88 Å². The first-order valence-corrected chi connectivity index (χ1v) is 16.4. The van der Waals surface area contributed by atoms with E-state index in [4.69, 9.17) is 21.4 Å². The molecule has 7 nitrogen and oxygen atoms in total. The lowest BCUT2D eigenvalue weighted by molar-refractivity contribution is -0.136. The Kier molecular flexibility index (Phi) is 8.63. The van der Waals surface area contributed by atoms with Crippen molar-refractivity contribution in [3.63, 3.8) is 0 Å². The van der Waals surface area contributed by atoms with Gasteiger partial charge in [-0.2, -0.15) is 5.10 Å². The van der Waals surface area contributed by atoms with Gasteiger partial charge in [-0.3, -0.25) is 9.59 Å². The third-order valence-corrected chi connectivity index (χ3v) is 11.1. The van der Waals surface area contributed by atoms with Gasteiger partial charge < -0.3 is 15.2 Å². The van der Waals surface area contributed by atoms with Crippen molar-refractivity contribution in [3.8, 4) is 5.88 Å². The van der Waals surface area contributed by atoms with Gasteiger partial charge in [0.1, 0.15) is 5.56 Å². The molecule has 216 valence electrons. The highest BCUT2D eigenvalue weighted by Crippen LogP contribution is 2.53. The van der Waals surface area contributed by atoms with Gasteiger partial charge in [0, 0.05) is 16.7 Å². The van der Waals surface area contributed by atoms with Gasteiger partial charge in [-0.25, -0.2) is 4.68 Å². The Morgan fingerprint density at radius 3 is 2.50 bits per heavy atom. The van der Waals surface area contributed by atoms with E-state index in [1.54, 1.807) is 30.1 Å². The van der Waals surface area contributed by atoms with Crippen molar-refractivity contribution in [1.29, 1.82) is 0 Å². The lowest BCUT2D eigenvalue weighted by Crippen LogP contribution is -2.55. The fourth-order valence-electron chi connectivity index (χ4n) is 7.97. The molecule has 2 N–H and O–H groups in total. The van der Waals surface area contributed by atoms with Crippen LogP contribution in [0.4, 0.5) is 0 Å². The van der Waals surface area contributed by atoms with Crippen molar-refractivity contribution in [3.05, 3.63) is 40.5 Å². The number of carboxylic acid groups (broad SMARTS) is 1. The first-order chi connectivity index (χ1) is 19.4. The van der Waals surface area contributed by atoms with E-state index in [0.29, 0.717) is 53.1 Å². The SMILES string of the molecule is O=C(O)Cc1ccc(Cl)c(SCCn2ncc(C(=O)NC3C4CC5CC(C4)CC3C5)c2OCC2CCCCC2)c1. The summed E-state index contributed by atoms with van der Waals surface area (Å²) in [6.45, 7) is 1.16. The van der Waals surface area contributed by atoms with Crippen LogP contribution >= 0.6 is 23.4 Å². The number of aliphatic carboxylic acids is 1. The van der Waals surface area contributed by atoms with Crippen molar-refractivity contribution in [1.82, 2.24) is 15.1 Å². The molecule has 0 radical (unpaired) electrons. The Morgan fingerprint density at radius 1 is 1.07 bits per heavy atom. The lowest BCUT2D eigenvalue weighted by atomic mass is 9.54. The standard InChI is InChI=1S/C31H40ClN3O4S/c32-26-7-6-20(16-28(36)37)15-27(26)40-9-8-35-31(39-18-19-4-2-1-3-5-19)25(17-33-35)30(38)34-29-23-11-21-10-22(13-23)14-24(29)12-21/h6-7,15,17,19,21-24,29H,1-5,8-14,16,18H2,(H,34,38)(H,36,37). The maximum atomic E-state index is 13.7. The zero-order valence-electron chi connectivity index (χ0n) is 23.0. The number of carbonyl (C=O) groups excluding carboxylic acids is 1. The van der Waals surface area contributed by atoms with E-state index in [9.17, 15) is 9.59 Å². The number of aromatic nitrogens is 2. The molecule has 5 aliphatic carbocycles. The first kappa shape index (κ1) is 28.0. The van der Waals surface area contributed by atoms with Crippen LogP contribution in [0.25, 0.3) is 0 Å². The van der Waals surface area contributed by atoms with E-state index < -0.39 is 5.97 Å². The first-order valence-electron chi connectivity index (χ1n) is 15.1. The van der Waals surface area contributed by atoms with Crippen LogP contribution < -0.4 is 10.1 Å². The molecule has 1 aromatic heterocycles. The monoisotopic (exact) mass is 585 g/mol. The molecule has 0 unspecified atom stereocenters. The molecule has 40 heavy (non-hydrogen) atoms. The van der Waals surface area contributed by atoms with Gasteiger partial charge in [-0.05, 0) is 92.2 Å². The summed E-state index contributed by atoms with van der Waals surface area (Å²) in [7, 11) is 0. The molecule has 0 saturated heterocycles. The average Bonchev–Trinajstić information content (AvgIpc) is 3.34. The number of hydrogen-bond donors (Lipinski definition) is 2. The summed E-state index contributed by atoms with van der Waals surface area (Å²) in [5.41, 5.74) is 1.26. The van der Waals surface area contributed by atoms with Crippen molar-refractivity contribution in [2.75, 3.05) is 12.4 Å².